The lowest BCUT2D eigenvalue weighted by Gasteiger charge is -2.30. The molecule has 4 heterocycles. The molecule has 4 aliphatic heterocycles. The minimum atomic E-state index is -1.43. The number of aliphatic hydroxyl groups excluding tert-OH is 1. The lowest BCUT2D eigenvalue weighted by molar-refractivity contribution is -0.130. The van der Waals surface area contributed by atoms with E-state index < -0.39 is 47.2 Å². The van der Waals surface area contributed by atoms with Gasteiger partial charge in [0, 0.05) is 23.4 Å². The van der Waals surface area contributed by atoms with Crippen LogP contribution in [0.3, 0.4) is 0 Å². The van der Waals surface area contributed by atoms with Crippen LogP contribution in [0.25, 0.3) is 0 Å². The van der Waals surface area contributed by atoms with Gasteiger partial charge in [0.2, 0.25) is 17.7 Å². The third kappa shape index (κ3) is 2.32. The summed E-state index contributed by atoms with van der Waals surface area (Å²) in [7, 11) is 0. The molecule has 2 fully saturated rings. The van der Waals surface area contributed by atoms with E-state index in [2.05, 4.69) is 10.6 Å². The van der Waals surface area contributed by atoms with Crippen molar-refractivity contribution in [2.24, 2.45) is 11.8 Å². The topological polar surface area (TPSA) is 117 Å². The highest BCUT2D eigenvalue weighted by atomic mass is 16.6. The van der Waals surface area contributed by atoms with Crippen LogP contribution in [0, 0.1) is 11.8 Å². The second kappa shape index (κ2) is 6.54. The van der Waals surface area contributed by atoms with Crippen LogP contribution in [-0.2, 0) is 19.9 Å². The number of hydrogen-bond donors (Lipinski definition) is 3. The van der Waals surface area contributed by atoms with Crippen molar-refractivity contribution in [3.05, 3.63) is 48.0 Å². The van der Waals surface area contributed by atoms with Crippen LogP contribution in [0.15, 0.2) is 42.5 Å². The number of nitrogens with one attached hydrogen (secondary N) is 2. The maximum absolute atomic E-state index is 13.8. The van der Waals surface area contributed by atoms with E-state index in [1.54, 1.807) is 49.4 Å². The van der Waals surface area contributed by atoms with E-state index in [0.717, 1.165) is 4.90 Å². The van der Waals surface area contributed by atoms with Gasteiger partial charge >= 0.3 is 0 Å². The number of hydrogen-bond acceptors (Lipinski definition) is 7. The van der Waals surface area contributed by atoms with Crippen molar-refractivity contribution in [3.63, 3.8) is 0 Å². The molecule has 9 heteroatoms. The smallest absolute Gasteiger partial charge is 0.250 e. The van der Waals surface area contributed by atoms with Crippen molar-refractivity contribution in [1.29, 1.82) is 0 Å². The second-order valence-corrected chi connectivity index (χ2v) is 8.56. The average Bonchev–Trinajstić information content (AvgIpc) is 3.38. The Hall–Kier alpha value is -3.43. The Kier molecular flexibility index (Phi) is 3.94. The maximum atomic E-state index is 13.8. The second-order valence-electron chi connectivity index (χ2n) is 8.56. The average molecular weight is 435 g/mol. The lowest BCUT2D eigenvalue weighted by Crippen LogP contribution is -2.54. The number of rotatable bonds is 2. The van der Waals surface area contributed by atoms with E-state index in [9.17, 15) is 19.5 Å². The third-order valence-corrected chi connectivity index (χ3v) is 6.86. The number of carbonyl (C=O) groups is 3. The molecule has 0 radical (unpaired) electrons. The minimum Gasteiger partial charge on any atom is -0.486 e. The highest BCUT2D eigenvalue weighted by Crippen LogP contribution is 2.54. The Bertz CT molecular complexity index is 1180. The molecule has 2 saturated heterocycles. The van der Waals surface area contributed by atoms with Crippen molar-refractivity contribution in [2.45, 2.75) is 24.6 Å². The monoisotopic (exact) mass is 435 g/mol. The van der Waals surface area contributed by atoms with E-state index >= 15 is 0 Å². The van der Waals surface area contributed by atoms with Crippen LogP contribution < -0.4 is 25.0 Å². The number of benzene rings is 2. The van der Waals surface area contributed by atoms with Gasteiger partial charge < -0.3 is 19.9 Å². The van der Waals surface area contributed by atoms with E-state index in [-0.39, 0.29) is 0 Å². The zero-order chi connectivity index (χ0) is 22.2. The Morgan fingerprint density at radius 2 is 1.81 bits per heavy atom. The first-order valence-electron chi connectivity index (χ1n) is 10.6. The van der Waals surface area contributed by atoms with E-state index in [0.29, 0.717) is 41.7 Å². The summed E-state index contributed by atoms with van der Waals surface area (Å²) >= 11 is 0. The van der Waals surface area contributed by atoms with Gasteiger partial charge in [-0.3, -0.25) is 19.7 Å². The predicted octanol–water partition coefficient (Wildman–Crippen LogP) is 0.764. The molecule has 0 aliphatic carbocycles. The fourth-order valence-electron chi connectivity index (χ4n) is 5.53. The van der Waals surface area contributed by atoms with E-state index in [1.807, 2.05) is 0 Å². The first-order valence-corrected chi connectivity index (χ1v) is 10.6. The maximum Gasteiger partial charge on any atom is 0.250 e. The van der Waals surface area contributed by atoms with Crippen molar-refractivity contribution >= 4 is 29.1 Å². The molecule has 1 unspecified atom stereocenters. The van der Waals surface area contributed by atoms with Crippen molar-refractivity contribution in [3.8, 4) is 11.5 Å². The number of ether oxygens (including phenoxy) is 2. The third-order valence-electron chi connectivity index (χ3n) is 6.86. The molecule has 3 amide bonds. The van der Waals surface area contributed by atoms with Crippen molar-refractivity contribution in [1.82, 2.24) is 5.32 Å². The number of para-hydroxylation sites is 1. The molecular weight excluding hydrogens is 414 g/mol. The van der Waals surface area contributed by atoms with Crippen LogP contribution in [0.1, 0.15) is 12.5 Å². The fourth-order valence-corrected chi connectivity index (χ4v) is 5.53. The first kappa shape index (κ1) is 19.3. The number of nitrogens with zero attached hydrogens (tertiary/aromatic N) is 1. The molecule has 0 saturated carbocycles. The standard InChI is InChI=1S/C23H21N3O6/c1-11(27)19-17-18(23(25-19)13-4-2-3-5-14(13)24-22(23)30)21(29)26(20(17)28)12-6-7-15-16(10-12)32-9-8-31-15/h2-7,10-11,17-19,25,27H,8-9H2,1H3,(H,24,30)/t11?,17-,18-,19-,23-/m0/s1. The van der Waals surface area contributed by atoms with Crippen LogP contribution in [0.2, 0.25) is 0 Å². The van der Waals surface area contributed by atoms with Gasteiger partial charge in [0.05, 0.1) is 23.6 Å². The molecule has 2 aromatic carbocycles. The first-order chi connectivity index (χ1) is 15.4. The number of fused-ring (bicyclic) bond motifs is 5. The van der Waals surface area contributed by atoms with Gasteiger partial charge in [0.1, 0.15) is 18.8 Å². The normalized spacial score (nSPS) is 31.0. The molecule has 2 aromatic rings. The van der Waals surface area contributed by atoms with Crippen molar-refractivity contribution in [2.75, 3.05) is 23.4 Å². The number of carbonyl (C=O) groups excluding carboxylic acids is 3. The molecule has 4 aliphatic rings. The van der Waals surface area contributed by atoms with Gasteiger partial charge in [-0.15, -0.1) is 0 Å². The van der Waals surface area contributed by atoms with E-state index in [4.69, 9.17) is 9.47 Å². The highest BCUT2D eigenvalue weighted by Gasteiger charge is 2.71. The molecule has 0 bridgehead atoms. The minimum absolute atomic E-state index is 0.352. The summed E-state index contributed by atoms with van der Waals surface area (Å²) in [6.45, 7) is 2.35. The molecule has 1 spiro atoms. The molecule has 32 heavy (non-hydrogen) atoms. The van der Waals surface area contributed by atoms with Gasteiger partial charge in [0.15, 0.2) is 11.5 Å². The number of anilines is 2. The summed E-state index contributed by atoms with van der Waals surface area (Å²) in [6.07, 6.45) is -0.959. The Morgan fingerprint density at radius 1 is 1.06 bits per heavy atom. The number of aliphatic hydroxyl groups is 1. The van der Waals surface area contributed by atoms with Crippen molar-refractivity contribution < 1.29 is 29.0 Å². The van der Waals surface area contributed by atoms with Crippen LogP contribution in [0.4, 0.5) is 11.4 Å². The molecule has 0 aromatic heterocycles. The SMILES string of the molecule is CC(O)[C@@H]1N[C@]2(C(=O)Nc3ccccc32)[C@@H]2C(=O)N(c3ccc4c(c3)OCCO4)C(=O)[C@@H]21. The molecule has 9 nitrogen and oxygen atoms in total. The van der Waals surface area contributed by atoms with Crippen LogP contribution in [-0.4, -0.2) is 48.2 Å². The number of amides is 3. The zero-order valence-corrected chi connectivity index (χ0v) is 17.2. The Labute approximate surface area is 183 Å². The van der Waals surface area contributed by atoms with Crippen LogP contribution >= 0.6 is 0 Å². The van der Waals surface area contributed by atoms with Gasteiger partial charge in [-0.2, -0.15) is 0 Å². The summed E-state index contributed by atoms with van der Waals surface area (Å²) in [5.41, 5.74) is 0.115. The summed E-state index contributed by atoms with van der Waals surface area (Å²) in [5.74, 6) is -2.23. The largest absolute Gasteiger partial charge is 0.486 e. The predicted molar refractivity (Wildman–Crippen MR) is 112 cm³/mol. The summed E-state index contributed by atoms with van der Waals surface area (Å²) in [6, 6.07) is 11.2. The van der Waals surface area contributed by atoms with E-state index in [1.165, 1.54) is 0 Å². The fraction of sp³-hybridized carbons (Fsp3) is 0.348. The lowest BCUT2D eigenvalue weighted by atomic mass is 9.76. The molecule has 5 atom stereocenters. The highest BCUT2D eigenvalue weighted by molar-refractivity contribution is 6.26. The molecule has 6 rings (SSSR count). The Morgan fingerprint density at radius 3 is 2.59 bits per heavy atom. The quantitative estimate of drug-likeness (QED) is 0.597. The summed E-state index contributed by atoms with van der Waals surface area (Å²) < 4.78 is 11.2. The van der Waals surface area contributed by atoms with Gasteiger partial charge in [-0.1, -0.05) is 18.2 Å². The summed E-state index contributed by atoms with van der Waals surface area (Å²) in [5, 5.41) is 16.5. The summed E-state index contributed by atoms with van der Waals surface area (Å²) in [4.78, 5) is 41.8. The molecular formula is C23H21N3O6. The number of imide groups is 1. The Balaban J connectivity index is 1.49. The van der Waals surface area contributed by atoms with Gasteiger partial charge in [-0.25, -0.2) is 4.90 Å². The van der Waals surface area contributed by atoms with Gasteiger partial charge in [0.25, 0.3) is 0 Å². The van der Waals surface area contributed by atoms with Crippen LogP contribution in [0.5, 0.6) is 11.5 Å². The van der Waals surface area contributed by atoms with Gasteiger partial charge in [-0.05, 0) is 25.1 Å². The molecule has 164 valence electrons. The molecule has 3 N–H and O–H groups in total. The zero-order valence-electron chi connectivity index (χ0n) is 17.2.